The maximum atomic E-state index is 12.2. The Balaban J connectivity index is 1.52. The van der Waals surface area contributed by atoms with Gasteiger partial charge in [0.05, 0.1) is 0 Å². The highest BCUT2D eigenvalue weighted by molar-refractivity contribution is 6.30. The van der Waals surface area contributed by atoms with Crippen LogP contribution in [0.1, 0.15) is 37.7 Å². The molecular weight excluding hydrogens is 296 g/mol. The number of allylic oxidation sites excluding steroid dienone is 1. The number of nitrogens with zero attached hydrogens (tertiary/aromatic N) is 1. The average molecular weight is 319 g/mol. The number of piperidine rings is 1. The molecule has 0 saturated carbocycles. The Labute approximate surface area is 137 Å². The van der Waals surface area contributed by atoms with Gasteiger partial charge in [-0.15, -0.1) is 0 Å². The first kappa shape index (κ1) is 15.6. The highest BCUT2D eigenvalue weighted by Crippen LogP contribution is 2.19. The summed E-state index contributed by atoms with van der Waals surface area (Å²) in [5.74, 6) is 0.149. The molecule has 22 heavy (non-hydrogen) atoms. The Morgan fingerprint density at radius 3 is 2.82 bits per heavy atom. The first-order valence-electron chi connectivity index (χ1n) is 8.17. The molecule has 2 aliphatic rings. The van der Waals surface area contributed by atoms with E-state index in [1.54, 1.807) is 0 Å². The first-order chi connectivity index (χ1) is 10.7. The molecule has 1 saturated heterocycles. The number of benzene rings is 1. The summed E-state index contributed by atoms with van der Waals surface area (Å²) in [6.45, 7) is 2.95. The topological polar surface area (TPSA) is 32.3 Å². The Morgan fingerprint density at radius 1 is 1.27 bits per heavy atom. The minimum atomic E-state index is 0.149. The van der Waals surface area contributed by atoms with Crippen LogP contribution < -0.4 is 5.32 Å². The van der Waals surface area contributed by atoms with Crippen molar-refractivity contribution in [2.75, 3.05) is 13.1 Å². The molecule has 1 amide bonds. The minimum Gasteiger partial charge on any atom is -0.348 e. The van der Waals surface area contributed by atoms with Gasteiger partial charge in [0.2, 0.25) is 5.91 Å². The van der Waals surface area contributed by atoms with E-state index in [1.165, 1.54) is 5.56 Å². The van der Waals surface area contributed by atoms with E-state index in [-0.39, 0.29) is 11.9 Å². The molecule has 3 rings (SSSR count). The molecule has 4 heteroatoms. The second-order valence-corrected chi connectivity index (χ2v) is 6.73. The maximum Gasteiger partial charge on any atom is 0.247 e. The summed E-state index contributed by atoms with van der Waals surface area (Å²) in [4.78, 5) is 14.6. The van der Waals surface area contributed by atoms with Crippen molar-refractivity contribution in [3.63, 3.8) is 0 Å². The molecule has 1 aromatic carbocycles. The van der Waals surface area contributed by atoms with Crippen LogP contribution in [0.25, 0.3) is 0 Å². The van der Waals surface area contributed by atoms with Crippen LogP contribution in [-0.2, 0) is 11.3 Å². The van der Waals surface area contributed by atoms with Crippen molar-refractivity contribution < 1.29 is 4.79 Å². The summed E-state index contributed by atoms with van der Waals surface area (Å²) in [5.41, 5.74) is 2.25. The number of rotatable bonds is 4. The van der Waals surface area contributed by atoms with Gasteiger partial charge >= 0.3 is 0 Å². The standard InChI is InChI=1S/C18H23ClN2O/c19-16-9-7-14(8-10-16)12-21-11-3-6-17(13-21)20-18(22)15-4-1-2-5-15/h4,7-10,17H,1-3,5-6,11-13H2,(H,20,22). The van der Waals surface area contributed by atoms with Gasteiger partial charge in [0, 0.05) is 29.7 Å². The molecule has 1 aliphatic heterocycles. The van der Waals surface area contributed by atoms with Gasteiger partial charge < -0.3 is 5.32 Å². The van der Waals surface area contributed by atoms with Crippen LogP contribution in [0.2, 0.25) is 5.02 Å². The number of amides is 1. The number of likely N-dealkylation sites (tertiary alicyclic amines) is 1. The van der Waals surface area contributed by atoms with Crippen LogP contribution in [0.15, 0.2) is 35.9 Å². The summed E-state index contributed by atoms with van der Waals surface area (Å²) in [7, 11) is 0. The normalized spacial score (nSPS) is 22.4. The molecule has 0 spiro atoms. The Morgan fingerprint density at radius 2 is 2.09 bits per heavy atom. The van der Waals surface area contributed by atoms with Gasteiger partial charge in [-0.25, -0.2) is 0 Å². The Kier molecular flexibility index (Phi) is 5.16. The molecule has 1 unspecified atom stereocenters. The Bertz CT molecular complexity index is 553. The molecule has 1 heterocycles. The zero-order valence-corrected chi connectivity index (χ0v) is 13.6. The first-order valence-corrected chi connectivity index (χ1v) is 8.55. The Hall–Kier alpha value is -1.32. The van der Waals surface area contributed by atoms with Crippen molar-refractivity contribution in [2.24, 2.45) is 0 Å². The summed E-state index contributed by atoms with van der Waals surface area (Å²) in [6.07, 6.45) is 7.41. The summed E-state index contributed by atoms with van der Waals surface area (Å²) in [5, 5.41) is 3.99. The zero-order valence-electron chi connectivity index (χ0n) is 12.9. The number of hydrogen-bond acceptors (Lipinski definition) is 2. The molecule has 3 nitrogen and oxygen atoms in total. The van der Waals surface area contributed by atoms with E-state index in [2.05, 4.69) is 28.4 Å². The van der Waals surface area contributed by atoms with Gasteiger partial charge in [0.1, 0.15) is 0 Å². The van der Waals surface area contributed by atoms with E-state index in [9.17, 15) is 4.79 Å². The lowest BCUT2D eigenvalue weighted by Gasteiger charge is -2.33. The van der Waals surface area contributed by atoms with Crippen LogP contribution in [-0.4, -0.2) is 29.9 Å². The lowest BCUT2D eigenvalue weighted by Crippen LogP contribution is -2.47. The predicted octanol–water partition coefficient (Wildman–Crippen LogP) is 3.53. The lowest BCUT2D eigenvalue weighted by molar-refractivity contribution is -0.118. The largest absolute Gasteiger partial charge is 0.348 e. The number of carbonyl (C=O) groups is 1. The number of hydrogen-bond donors (Lipinski definition) is 1. The molecule has 0 aromatic heterocycles. The third-order valence-corrected chi connectivity index (χ3v) is 4.74. The van der Waals surface area contributed by atoms with E-state index >= 15 is 0 Å². The quantitative estimate of drug-likeness (QED) is 0.921. The fourth-order valence-corrected chi connectivity index (χ4v) is 3.45. The van der Waals surface area contributed by atoms with Crippen molar-refractivity contribution in [1.29, 1.82) is 0 Å². The molecule has 1 atom stereocenters. The molecule has 118 valence electrons. The van der Waals surface area contributed by atoms with Crippen molar-refractivity contribution in [3.05, 3.63) is 46.5 Å². The van der Waals surface area contributed by atoms with Crippen molar-refractivity contribution >= 4 is 17.5 Å². The third-order valence-electron chi connectivity index (χ3n) is 4.49. The van der Waals surface area contributed by atoms with Crippen LogP contribution in [0.3, 0.4) is 0 Å². The number of nitrogens with one attached hydrogen (secondary N) is 1. The zero-order chi connectivity index (χ0) is 15.4. The molecule has 1 aromatic rings. The van der Waals surface area contributed by atoms with Gasteiger partial charge in [-0.2, -0.15) is 0 Å². The highest BCUT2D eigenvalue weighted by Gasteiger charge is 2.23. The van der Waals surface area contributed by atoms with Crippen molar-refractivity contribution in [2.45, 2.75) is 44.7 Å². The van der Waals surface area contributed by atoms with E-state index in [4.69, 9.17) is 11.6 Å². The third kappa shape index (κ3) is 4.11. The maximum absolute atomic E-state index is 12.2. The monoisotopic (exact) mass is 318 g/mol. The second kappa shape index (κ2) is 7.30. The summed E-state index contributed by atoms with van der Waals surface area (Å²) in [6, 6.07) is 8.30. The van der Waals surface area contributed by atoms with Crippen molar-refractivity contribution in [3.8, 4) is 0 Å². The van der Waals surface area contributed by atoms with Gasteiger partial charge in [-0.1, -0.05) is 29.8 Å². The van der Waals surface area contributed by atoms with Gasteiger partial charge in [-0.05, 0) is 56.3 Å². The summed E-state index contributed by atoms with van der Waals surface area (Å²) < 4.78 is 0. The van der Waals surface area contributed by atoms with Gasteiger partial charge in [0.15, 0.2) is 0 Å². The smallest absolute Gasteiger partial charge is 0.247 e. The fraction of sp³-hybridized carbons (Fsp3) is 0.500. The number of carbonyl (C=O) groups excluding carboxylic acids is 1. The van der Waals surface area contributed by atoms with Crippen LogP contribution in [0, 0.1) is 0 Å². The van der Waals surface area contributed by atoms with E-state index in [1.807, 2.05) is 12.1 Å². The van der Waals surface area contributed by atoms with Crippen molar-refractivity contribution in [1.82, 2.24) is 10.2 Å². The van der Waals surface area contributed by atoms with Gasteiger partial charge in [-0.3, -0.25) is 9.69 Å². The van der Waals surface area contributed by atoms with Crippen LogP contribution >= 0.6 is 11.6 Å². The molecule has 1 aliphatic carbocycles. The number of halogens is 1. The second-order valence-electron chi connectivity index (χ2n) is 6.30. The van der Waals surface area contributed by atoms with Gasteiger partial charge in [0.25, 0.3) is 0 Å². The minimum absolute atomic E-state index is 0.149. The van der Waals surface area contributed by atoms with E-state index in [0.29, 0.717) is 0 Å². The highest BCUT2D eigenvalue weighted by atomic mass is 35.5. The summed E-state index contributed by atoms with van der Waals surface area (Å²) >= 11 is 5.93. The average Bonchev–Trinajstić information content (AvgIpc) is 3.04. The lowest BCUT2D eigenvalue weighted by atomic mass is 10.0. The van der Waals surface area contributed by atoms with Crippen LogP contribution in [0.4, 0.5) is 0 Å². The molecule has 1 N–H and O–H groups in total. The van der Waals surface area contributed by atoms with E-state index < -0.39 is 0 Å². The molecule has 0 bridgehead atoms. The molecular formula is C18H23ClN2O. The molecule has 1 fully saturated rings. The fourth-order valence-electron chi connectivity index (χ4n) is 3.32. The van der Waals surface area contributed by atoms with Crippen LogP contribution in [0.5, 0.6) is 0 Å². The SMILES string of the molecule is O=C(NC1CCCN(Cc2ccc(Cl)cc2)C1)C1=CCCC1. The molecule has 0 radical (unpaired) electrons. The van der Waals surface area contributed by atoms with E-state index in [0.717, 1.165) is 62.3 Å². The predicted molar refractivity (Wildman–Crippen MR) is 89.8 cm³/mol.